The number of sulfone groups is 2. The minimum atomic E-state index is -2.93. The van der Waals surface area contributed by atoms with Crippen LogP contribution in [0.15, 0.2) is 0 Å². The first-order valence-corrected chi connectivity index (χ1v) is 11.6. The van der Waals surface area contributed by atoms with Crippen LogP contribution in [0.5, 0.6) is 0 Å². The van der Waals surface area contributed by atoms with Crippen molar-refractivity contribution in [1.29, 1.82) is 0 Å². The van der Waals surface area contributed by atoms with Crippen molar-refractivity contribution >= 4 is 19.7 Å². The fourth-order valence-electron chi connectivity index (χ4n) is 2.87. The first-order chi connectivity index (χ1) is 9.79. The lowest BCUT2D eigenvalue weighted by molar-refractivity contribution is 0.323. The maximum absolute atomic E-state index is 11.6. The normalized spacial score (nSPS) is 23.2. The summed E-state index contributed by atoms with van der Waals surface area (Å²) in [6, 6.07) is 0. The molecular formula is C14H29NO4S2. The third-order valence-electron chi connectivity index (χ3n) is 4.24. The van der Waals surface area contributed by atoms with Crippen molar-refractivity contribution in [3.8, 4) is 0 Å². The molecule has 1 aliphatic rings. The van der Waals surface area contributed by atoms with Crippen molar-refractivity contribution < 1.29 is 16.8 Å². The van der Waals surface area contributed by atoms with Crippen LogP contribution in [0, 0.1) is 11.8 Å². The molecule has 0 aromatic rings. The molecule has 1 saturated heterocycles. The first kappa shape index (κ1) is 18.9. The number of hydrogen-bond acceptors (Lipinski definition) is 5. The first-order valence-electron chi connectivity index (χ1n) is 7.91. The number of nitrogens with one attached hydrogen (secondary N) is 1. The molecule has 1 N–H and O–H groups in total. The van der Waals surface area contributed by atoms with Crippen molar-refractivity contribution in [1.82, 2.24) is 5.32 Å². The average molecular weight is 340 g/mol. The van der Waals surface area contributed by atoms with Crippen LogP contribution in [-0.2, 0) is 19.7 Å². The largest absolute Gasteiger partial charge is 0.316 e. The molecule has 5 nitrogen and oxygen atoms in total. The van der Waals surface area contributed by atoms with Gasteiger partial charge in [0.15, 0.2) is 9.84 Å². The van der Waals surface area contributed by atoms with Crippen LogP contribution in [0.1, 0.15) is 39.5 Å². The third kappa shape index (κ3) is 7.10. The Morgan fingerprint density at radius 1 is 1.29 bits per heavy atom. The standard InChI is InChI=1S/C14H29NO4S2/c1-3-8-15-11-13(6-5-9-20(16,17)4-2)14-7-10-21(18,19)12-14/h13-15H,3-12H2,1-2H3. The quantitative estimate of drug-likeness (QED) is 0.606. The van der Waals surface area contributed by atoms with Crippen LogP contribution in [0.4, 0.5) is 0 Å². The van der Waals surface area contributed by atoms with Crippen LogP contribution in [0.2, 0.25) is 0 Å². The van der Waals surface area contributed by atoms with E-state index in [-0.39, 0.29) is 34.8 Å². The molecule has 0 spiro atoms. The van der Waals surface area contributed by atoms with E-state index in [0.29, 0.717) is 6.42 Å². The van der Waals surface area contributed by atoms with E-state index >= 15 is 0 Å². The van der Waals surface area contributed by atoms with Crippen molar-refractivity contribution in [3.05, 3.63) is 0 Å². The van der Waals surface area contributed by atoms with Crippen LogP contribution in [0.25, 0.3) is 0 Å². The molecule has 0 radical (unpaired) electrons. The molecule has 126 valence electrons. The molecule has 0 bridgehead atoms. The maximum Gasteiger partial charge on any atom is 0.150 e. The predicted molar refractivity (Wildman–Crippen MR) is 87.0 cm³/mol. The Kier molecular flexibility index (Phi) is 7.64. The van der Waals surface area contributed by atoms with E-state index < -0.39 is 19.7 Å². The highest BCUT2D eigenvalue weighted by Gasteiger charge is 2.33. The molecule has 21 heavy (non-hydrogen) atoms. The lowest BCUT2D eigenvalue weighted by Gasteiger charge is -2.23. The van der Waals surface area contributed by atoms with Crippen LogP contribution < -0.4 is 5.32 Å². The summed E-state index contributed by atoms with van der Waals surface area (Å²) in [7, 11) is -5.80. The molecule has 1 rings (SSSR count). The minimum Gasteiger partial charge on any atom is -0.316 e. The summed E-state index contributed by atoms with van der Waals surface area (Å²) in [5, 5.41) is 3.36. The lowest BCUT2D eigenvalue weighted by atomic mass is 9.88. The van der Waals surface area contributed by atoms with E-state index in [9.17, 15) is 16.8 Å². The molecular weight excluding hydrogens is 310 g/mol. The van der Waals surface area contributed by atoms with Gasteiger partial charge in [0.2, 0.25) is 0 Å². The molecule has 0 aromatic heterocycles. The van der Waals surface area contributed by atoms with E-state index in [4.69, 9.17) is 0 Å². The van der Waals surface area contributed by atoms with E-state index in [2.05, 4.69) is 12.2 Å². The van der Waals surface area contributed by atoms with Gasteiger partial charge in [-0.3, -0.25) is 0 Å². The molecule has 0 aliphatic carbocycles. The zero-order valence-corrected chi connectivity index (χ0v) is 14.8. The minimum absolute atomic E-state index is 0.184. The van der Waals surface area contributed by atoms with Gasteiger partial charge in [0, 0.05) is 5.75 Å². The third-order valence-corrected chi connectivity index (χ3v) is 7.82. The lowest BCUT2D eigenvalue weighted by Crippen LogP contribution is -2.30. The smallest absolute Gasteiger partial charge is 0.150 e. The van der Waals surface area contributed by atoms with Crippen LogP contribution in [-0.4, -0.2) is 52.9 Å². The Morgan fingerprint density at radius 3 is 2.52 bits per heavy atom. The molecule has 0 saturated carbocycles. The molecule has 7 heteroatoms. The molecule has 2 unspecified atom stereocenters. The second kappa shape index (κ2) is 8.48. The Balaban J connectivity index is 2.52. The highest BCUT2D eigenvalue weighted by molar-refractivity contribution is 7.91. The van der Waals surface area contributed by atoms with Gasteiger partial charge in [0.1, 0.15) is 9.84 Å². The summed E-state index contributed by atoms with van der Waals surface area (Å²) < 4.78 is 46.4. The fourth-order valence-corrected chi connectivity index (χ4v) is 5.69. The molecule has 1 aliphatic heterocycles. The highest BCUT2D eigenvalue weighted by atomic mass is 32.2. The van der Waals surface area contributed by atoms with Gasteiger partial charge < -0.3 is 5.32 Å². The van der Waals surface area contributed by atoms with Crippen LogP contribution in [0.3, 0.4) is 0 Å². The molecule has 1 heterocycles. The molecule has 1 fully saturated rings. The topological polar surface area (TPSA) is 80.3 Å². The summed E-state index contributed by atoms with van der Waals surface area (Å²) >= 11 is 0. The Bertz CT molecular complexity index is 499. The van der Waals surface area contributed by atoms with E-state index in [1.807, 2.05) is 0 Å². The monoisotopic (exact) mass is 339 g/mol. The molecule has 0 amide bonds. The van der Waals surface area contributed by atoms with Gasteiger partial charge in [-0.15, -0.1) is 0 Å². The van der Waals surface area contributed by atoms with Gasteiger partial charge in [-0.1, -0.05) is 13.8 Å². The Morgan fingerprint density at radius 2 is 2.00 bits per heavy atom. The van der Waals surface area contributed by atoms with Gasteiger partial charge in [-0.2, -0.15) is 0 Å². The number of hydrogen-bond donors (Lipinski definition) is 1. The van der Waals surface area contributed by atoms with Gasteiger partial charge in [-0.25, -0.2) is 16.8 Å². The van der Waals surface area contributed by atoms with Crippen LogP contribution >= 0.6 is 0 Å². The van der Waals surface area contributed by atoms with Crippen molar-refractivity contribution in [2.45, 2.75) is 39.5 Å². The zero-order chi connectivity index (χ0) is 15.9. The van der Waals surface area contributed by atoms with E-state index in [1.165, 1.54) is 0 Å². The van der Waals surface area contributed by atoms with Gasteiger partial charge in [0.05, 0.1) is 17.3 Å². The van der Waals surface area contributed by atoms with E-state index in [0.717, 1.165) is 32.4 Å². The molecule has 2 atom stereocenters. The highest BCUT2D eigenvalue weighted by Crippen LogP contribution is 2.29. The van der Waals surface area contributed by atoms with E-state index in [1.54, 1.807) is 6.92 Å². The average Bonchev–Trinajstić information content (AvgIpc) is 2.77. The second-order valence-corrected chi connectivity index (χ2v) is 10.7. The van der Waals surface area contributed by atoms with Crippen molar-refractivity contribution in [2.75, 3.05) is 36.1 Å². The Hall–Kier alpha value is -0.140. The Labute approximate surface area is 129 Å². The summed E-state index contributed by atoms with van der Waals surface area (Å²) in [6.07, 6.45) is 3.18. The van der Waals surface area contributed by atoms with Gasteiger partial charge in [-0.05, 0) is 50.6 Å². The summed E-state index contributed by atoms with van der Waals surface area (Å²) in [6.45, 7) is 5.47. The summed E-state index contributed by atoms with van der Waals surface area (Å²) in [4.78, 5) is 0. The second-order valence-electron chi connectivity index (χ2n) is 6.01. The summed E-state index contributed by atoms with van der Waals surface area (Å²) in [5.41, 5.74) is 0. The van der Waals surface area contributed by atoms with Crippen molar-refractivity contribution in [2.24, 2.45) is 11.8 Å². The number of rotatable bonds is 10. The fraction of sp³-hybridized carbons (Fsp3) is 1.00. The maximum atomic E-state index is 11.6. The van der Waals surface area contributed by atoms with Gasteiger partial charge >= 0.3 is 0 Å². The summed E-state index contributed by atoms with van der Waals surface area (Å²) in [5.74, 6) is 1.41. The van der Waals surface area contributed by atoms with Crippen molar-refractivity contribution in [3.63, 3.8) is 0 Å². The zero-order valence-electron chi connectivity index (χ0n) is 13.2. The predicted octanol–water partition coefficient (Wildman–Crippen LogP) is 1.25. The molecule has 0 aromatic carbocycles. The van der Waals surface area contributed by atoms with Gasteiger partial charge in [0.25, 0.3) is 0 Å². The SMILES string of the molecule is CCCNCC(CCCS(=O)(=O)CC)C1CCS(=O)(=O)C1.